The van der Waals surface area contributed by atoms with Crippen LogP contribution in [-0.2, 0) is 16.4 Å². The summed E-state index contributed by atoms with van der Waals surface area (Å²) < 4.78 is 23.2. The van der Waals surface area contributed by atoms with Gasteiger partial charge >= 0.3 is 0 Å². The number of halogens is 1. The van der Waals surface area contributed by atoms with Gasteiger partial charge in [0, 0.05) is 12.6 Å². The fraction of sp³-hybridized carbons (Fsp3) is 0.176. The van der Waals surface area contributed by atoms with Crippen LogP contribution >= 0.6 is 12.4 Å². The van der Waals surface area contributed by atoms with Crippen molar-refractivity contribution >= 4 is 34.3 Å². The molecular weight excluding hydrogens is 376 g/mol. The molecule has 0 unspecified atom stereocenters. The van der Waals surface area contributed by atoms with Crippen LogP contribution in [0.5, 0.6) is 0 Å². The molecule has 140 valence electrons. The number of carbonyl (C=O) groups is 1. The summed E-state index contributed by atoms with van der Waals surface area (Å²) in [5.74, 6) is -0.763. The van der Waals surface area contributed by atoms with Crippen molar-refractivity contribution < 1.29 is 13.2 Å². The molecule has 0 fully saturated rings. The standard InChI is InChI=1S/C17H20N4O3S.ClH/c1-21(25(2,23)24)20-17(18)19-16(22)15-10-8-14(9-11-15)12-13-6-4-3-5-7-13;/h3-11H,12H2,1-2H3,(H3,18,19,20,22);1H. The summed E-state index contributed by atoms with van der Waals surface area (Å²) in [7, 11) is -2.29. The summed E-state index contributed by atoms with van der Waals surface area (Å²) in [6.45, 7) is 0. The van der Waals surface area contributed by atoms with E-state index < -0.39 is 15.9 Å². The number of nitrogens with two attached hydrogens (primary N) is 1. The molecule has 9 heteroatoms. The van der Waals surface area contributed by atoms with Crippen LogP contribution in [0.25, 0.3) is 0 Å². The SMILES string of the molecule is CN(/N=C(\N)NC(=O)c1ccc(Cc2ccccc2)cc1)S(C)(=O)=O.Cl. The minimum Gasteiger partial charge on any atom is -0.368 e. The number of guanidine groups is 1. The molecule has 0 bridgehead atoms. The van der Waals surface area contributed by atoms with Gasteiger partial charge in [0.15, 0.2) is 0 Å². The first-order chi connectivity index (χ1) is 11.8. The van der Waals surface area contributed by atoms with E-state index in [0.29, 0.717) is 9.98 Å². The molecule has 0 aliphatic carbocycles. The second-order valence-electron chi connectivity index (χ2n) is 5.50. The molecule has 1 amide bonds. The topological polar surface area (TPSA) is 105 Å². The van der Waals surface area contributed by atoms with Gasteiger partial charge in [-0.1, -0.05) is 42.5 Å². The average Bonchev–Trinajstić information content (AvgIpc) is 2.55. The first kappa shape index (κ1) is 21.5. The molecule has 0 aromatic heterocycles. The van der Waals surface area contributed by atoms with Crippen molar-refractivity contribution in [3.05, 3.63) is 71.3 Å². The number of nitrogens with zero attached hydrogens (tertiary/aromatic N) is 2. The third kappa shape index (κ3) is 6.38. The lowest BCUT2D eigenvalue weighted by Gasteiger charge is -2.11. The Hall–Kier alpha value is -2.58. The molecule has 0 aliphatic heterocycles. The van der Waals surface area contributed by atoms with Gasteiger partial charge in [-0.25, -0.2) is 8.42 Å². The molecule has 0 atom stereocenters. The van der Waals surface area contributed by atoms with E-state index in [9.17, 15) is 13.2 Å². The number of nitrogens with one attached hydrogen (secondary N) is 1. The van der Waals surface area contributed by atoms with Crippen LogP contribution in [0.3, 0.4) is 0 Å². The molecule has 0 spiro atoms. The Kier molecular flexibility index (Phi) is 7.60. The zero-order valence-corrected chi connectivity index (χ0v) is 16.0. The van der Waals surface area contributed by atoms with Crippen LogP contribution in [0, 0.1) is 0 Å². The molecule has 0 heterocycles. The second-order valence-corrected chi connectivity index (χ2v) is 7.49. The van der Waals surface area contributed by atoms with Gasteiger partial charge in [0.1, 0.15) is 0 Å². The number of rotatable bonds is 5. The van der Waals surface area contributed by atoms with Crippen LogP contribution in [0.4, 0.5) is 0 Å². The Morgan fingerprint density at radius 2 is 1.62 bits per heavy atom. The molecular formula is C17H21ClN4O3S. The number of carbonyl (C=O) groups excluding carboxylic acids is 1. The van der Waals surface area contributed by atoms with Gasteiger partial charge in [-0.2, -0.15) is 4.41 Å². The predicted octanol–water partition coefficient (Wildman–Crippen LogP) is 1.55. The van der Waals surface area contributed by atoms with Crippen molar-refractivity contribution in [2.45, 2.75) is 6.42 Å². The van der Waals surface area contributed by atoms with Crippen LogP contribution in [0.1, 0.15) is 21.5 Å². The molecule has 2 aromatic rings. The largest absolute Gasteiger partial charge is 0.368 e. The van der Waals surface area contributed by atoms with E-state index in [4.69, 9.17) is 5.73 Å². The number of hydrogen-bond acceptors (Lipinski definition) is 4. The number of hydrogen-bond donors (Lipinski definition) is 2. The zero-order valence-electron chi connectivity index (χ0n) is 14.4. The van der Waals surface area contributed by atoms with Crippen molar-refractivity contribution in [3.8, 4) is 0 Å². The van der Waals surface area contributed by atoms with Crippen LogP contribution in [-0.4, -0.2) is 38.0 Å². The van der Waals surface area contributed by atoms with Crippen LogP contribution in [0.2, 0.25) is 0 Å². The maximum Gasteiger partial charge on any atom is 0.257 e. The second kappa shape index (κ2) is 9.21. The highest BCUT2D eigenvalue weighted by Gasteiger charge is 2.11. The number of benzene rings is 2. The van der Waals surface area contributed by atoms with E-state index in [2.05, 4.69) is 10.4 Å². The number of sulfonamides is 1. The lowest BCUT2D eigenvalue weighted by molar-refractivity contribution is 0.0976. The summed E-state index contributed by atoms with van der Waals surface area (Å²) in [6, 6.07) is 17.1. The van der Waals surface area contributed by atoms with Gasteiger partial charge in [-0.15, -0.1) is 17.5 Å². The van der Waals surface area contributed by atoms with Crippen LogP contribution < -0.4 is 11.1 Å². The van der Waals surface area contributed by atoms with Crippen molar-refractivity contribution in [1.29, 1.82) is 0 Å². The van der Waals surface area contributed by atoms with Gasteiger partial charge in [-0.3, -0.25) is 10.1 Å². The van der Waals surface area contributed by atoms with Crippen molar-refractivity contribution in [2.24, 2.45) is 10.8 Å². The fourth-order valence-corrected chi connectivity index (χ4v) is 2.28. The molecule has 7 nitrogen and oxygen atoms in total. The normalized spacial score (nSPS) is 11.4. The quantitative estimate of drug-likeness (QED) is 0.454. The zero-order chi connectivity index (χ0) is 18.4. The van der Waals surface area contributed by atoms with Gasteiger partial charge in [0.25, 0.3) is 5.91 Å². The minimum absolute atomic E-state index is 0. The van der Waals surface area contributed by atoms with E-state index in [1.165, 1.54) is 12.6 Å². The first-order valence-corrected chi connectivity index (χ1v) is 9.33. The molecule has 0 radical (unpaired) electrons. The number of hydrazone groups is 1. The summed E-state index contributed by atoms with van der Waals surface area (Å²) in [6.07, 6.45) is 1.75. The maximum absolute atomic E-state index is 12.1. The van der Waals surface area contributed by atoms with Crippen molar-refractivity contribution in [1.82, 2.24) is 9.73 Å². The third-order valence-corrected chi connectivity index (χ3v) is 4.48. The predicted molar refractivity (Wildman–Crippen MR) is 105 cm³/mol. The van der Waals surface area contributed by atoms with Crippen LogP contribution in [0.15, 0.2) is 59.7 Å². The Morgan fingerprint density at radius 1 is 1.08 bits per heavy atom. The Balaban J connectivity index is 0.00000338. The van der Waals surface area contributed by atoms with Gasteiger partial charge in [-0.05, 0) is 29.7 Å². The Bertz CT molecular complexity index is 869. The molecule has 26 heavy (non-hydrogen) atoms. The average molecular weight is 397 g/mol. The third-order valence-electron chi connectivity index (χ3n) is 3.44. The minimum atomic E-state index is -3.52. The highest BCUT2D eigenvalue weighted by atomic mass is 35.5. The van der Waals surface area contributed by atoms with E-state index in [-0.39, 0.29) is 18.4 Å². The van der Waals surface area contributed by atoms with Gasteiger partial charge < -0.3 is 5.73 Å². The van der Waals surface area contributed by atoms with E-state index in [1.807, 2.05) is 42.5 Å². The molecule has 2 aromatic carbocycles. The summed E-state index contributed by atoms with van der Waals surface area (Å²) in [4.78, 5) is 12.1. The van der Waals surface area contributed by atoms with E-state index in [0.717, 1.165) is 18.2 Å². The highest BCUT2D eigenvalue weighted by Crippen LogP contribution is 2.10. The smallest absolute Gasteiger partial charge is 0.257 e. The van der Waals surface area contributed by atoms with Gasteiger partial charge in [0.05, 0.1) is 6.26 Å². The molecule has 3 N–H and O–H groups in total. The van der Waals surface area contributed by atoms with Gasteiger partial charge in [0.2, 0.25) is 16.0 Å². The maximum atomic E-state index is 12.1. The molecule has 0 aliphatic rings. The summed E-state index contributed by atoms with van der Waals surface area (Å²) in [5.41, 5.74) is 8.20. The Labute approximate surface area is 159 Å². The molecule has 0 saturated carbocycles. The monoisotopic (exact) mass is 396 g/mol. The first-order valence-electron chi connectivity index (χ1n) is 7.48. The highest BCUT2D eigenvalue weighted by molar-refractivity contribution is 7.88. The molecule has 2 rings (SSSR count). The van der Waals surface area contributed by atoms with E-state index in [1.54, 1.807) is 12.1 Å². The lowest BCUT2D eigenvalue weighted by atomic mass is 10.0. The Morgan fingerprint density at radius 3 is 2.15 bits per heavy atom. The van der Waals surface area contributed by atoms with Crippen molar-refractivity contribution in [3.63, 3.8) is 0 Å². The molecule has 0 saturated heterocycles. The van der Waals surface area contributed by atoms with Crippen molar-refractivity contribution in [2.75, 3.05) is 13.3 Å². The fourth-order valence-electron chi connectivity index (χ4n) is 2.04. The summed E-state index contributed by atoms with van der Waals surface area (Å²) >= 11 is 0. The summed E-state index contributed by atoms with van der Waals surface area (Å²) in [5, 5.41) is 5.95. The number of amides is 1. The van der Waals surface area contributed by atoms with E-state index >= 15 is 0 Å². The lowest BCUT2D eigenvalue weighted by Crippen LogP contribution is -2.39.